The summed E-state index contributed by atoms with van der Waals surface area (Å²) in [5, 5.41) is 0. The molecule has 2 saturated heterocycles. The number of hydrogen-bond acceptors (Lipinski definition) is 14. The van der Waals surface area contributed by atoms with Crippen molar-refractivity contribution in [2.45, 2.75) is 25.7 Å². The van der Waals surface area contributed by atoms with Gasteiger partial charge in [0.15, 0.2) is 0 Å². The third kappa shape index (κ3) is 26.1. The van der Waals surface area contributed by atoms with Gasteiger partial charge in [0.05, 0.1) is 132 Å². The van der Waals surface area contributed by atoms with Crippen LogP contribution >= 0.6 is 21.6 Å². The van der Waals surface area contributed by atoms with Gasteiger partial charge in [-0.05, 0) is 12.8 Å². The molecule has 0 saturated carbocycles. The molecule has 0 aliphatic carbocycles. The standard InChI is InChI=1S/C32H60N2O12S2/c35-31(33-5-9-37-13-17-41-21-25-45-26-22-42-18-14-38-10-6-33)3-1-29-47-48-30-2-4-32(36)34-7-11-39-15-19-43-23-27-46-28-24-44-20-16-40-12-8-34/h1-30H2. The molecule has 2 aliphatic rings. The van der Waals surface area contributed by atoms with E-state index in [1.165, 1.54) is 0 Å². The quantitative estimate of drug-likeness (QED) is 0.252. The maximum absolute atomic E-state index is 13.0. The fourth-order valence-electron chi connectivity index (χ4n) is 4.38. The fourth-order valence-corrected chi connectivity index (χ4v) is 6.56. The van der Waals surface area contributed by atoms with Crippen LogP contribution in [0.15, 0.2) is 0 Å². The topological polar surface area (TPSA) is 133 Å². The zero-order chi connectivity index (χ0) is 34.0. The van der Waals surface area contributed by atoms with Gasteiger partial charge in [-0.25, -0.2) is 0 Å². The monoisotopic (exact) mass is 728 g/mol. The van der Waals surface area contributed by atoms with Crippen LogP contribution in [0.3, 0.4) is 0 Å². The van der Waals surface area contributed by atoms with Crippen LogP contribution in [0.5, 0.6) is 0 Å². The molecule has 282 valence electrons. The highest BCUT2D eigenvalue weighted by Crippen LogP contribution is 2.24. The van der Waals surface area contributed by atoms with Gasteiger partial charge >= 0.3 is 0 Å². The van der Waals surface area contributed by atoms with E-state index in [9.17, 15) is 9.59 Å². The van der Waals surface area contributed by atoms with Crippen LogP contribution < -0.4 is 0 Å². The molecule has 2 rings (SSSR count). The predicted octanol–water partition coefficient (Wildman–Crippen LogP) is 1.78. The Balaban J connectivity index is 1.59. The second-order valence-corrected chi connectivity index (χ2v) is 13.4. The molecule has 0 aromatic rings. The zero-order valence-corrected chi connectivity index (χ0v) is 30.5. The third-order valence-corrected chi connectivity index (χ3v) is 9.60. The summed E-state index contributed by atoms with van der Waals surface area (Å²) in [6, 6.07) is 0. The van der Waals surface area contributed by atoms with E-state index in [-0.39, 0.29) is 11.8 Å². The summed E-state index contributed by atoms with van der Waals surface area (Å²) >= 11 is 0. The highest BCUT2D eigenvalue weighted by molar-refractivity contribution is 8.76. The van der Waals surface area contributed by atoms with E-state index in [0.717, 1.165) is 24.3 Å². The summed E-state index contributed by atoms with van der Waals surface area (Å²) in [7, 11) is 3.49. The molecule has 2 fully saturated rings. The van der Waals surface area contributed by atoms with Gasteiger partial charge in [-0.1, -0.05) is 21.6 Å². The van der Waals surface area contributed by atoms with Crippen molar-refractivity contribution in [2.75, 3.05) is 170 Å². The molecule has 2 heterocycles. The summed E-state index contributed by atoms with van der Waals surface area (Å²) in [5.41, 5.74) is 0. The van der Waals surface area contributed by atoms with E-state index in [1.54, 1.807) is 21.6 Å². The van der Waals surface area contributed by atoms with E-state index in [0.29, 0.717) is 171 Å². The molecule has 2 amide bonds. The van der Waals surface area contributed by atoms with Gasteiger partial charge in [0, 0.05) is 50.5 Å². The highest BCUT2D eigenvalue weighted by Gasteiger charge is 2.15. The number of carbonyl (C=O) groups is 2. The lowest BCUT2D eigenvalue weighted by Crippen LogP contribution is -2.37. The molecule has 0 bridgehead atoms. The van der Waals surface area contributed by atoms with Crippen LogP contribution in [0.2, 0.25) is 0 Å². The second kappa shape index (κ2) is 33.4. The van der Waals surface area contributed by atoms with Crippen molar-refractivity contribution in [2.24, 2.45) is 0 Å². The number of hydrogen-bond donors (Lipinski definition) is 0. The minimum absolute atomic E-state index is 0.106. The number of ether oxygens (including phenoxy) is 10. The van der Waals surface area contributed by atoms with Gasteiger partial charge in [0.25, 0.3) is 0 Å². The zero-order valence-electron chi connectivity index (χ0n) is 28.8. The average molecular weight is 729 g/mol. The first-order valence-electron chi connectivity index (χ1n) is 17.3. The van der Waals surface area contributed by atoms with E-state index in [4.69, 9.17) is 47.4 Å². The van der Waals surface area contributed by atoms with Gasteiger partial charge in [-0.15, -0.1) is 0 Å². The molecule has 0 spiro atoms. The van der Waals surface area contributed by atoms with Crippen molar-refractivity contribution in [1.29, 1.82) is 0 Å². The Morgan fingerprint density at radius 2 is 0.562 bits per heavy atom. The van der Waals surface area contributed by atoms with Crippen LogP contribution in [0.4, 0.5) is 0 Å². The Morgan fingerprint density at radius 3 is 0.792 bits per heavy atom. The fraction of sp³-hybridized carbons (Fsp3) is 0.938. The van der Waals surface area contributed by atoms with E-state index < -0.39 is 0 Å². The van der Waals surface area contributed by atoms with Crippen LogP contribution in [0.1, 0.15) is 25.7 Å². The maximum atomic E-state index is 13.0. The molecule has 0 atom stereocenters. The molecule has 0 aromatic heterocycles. The summed E-state index contributed by atoms with van der Waals surface area (Å²) in [6.07, 6.45) is 2.53. The minimum atomic E-state index is 0.106. The van der Waals surface area contributed by atoms with Gasteiger partial charge in [-0.3, -0.25) is 9.59 Å². The van der Waals surface area contributed by atoms with Crippen LogP contribution in [-0.2, 0) is 57.0 Å². The van der Waals surface area contributed by atoms with E-state index in [1.807, 2.05) is 9.80 Å². The molecule has 14 nitrogen and oxygen atoms in total. The second-order valence-electron chi connectivity index (χ2n) is 10.7. The minimum Gasteiger partial charge on any atom is -0.377 e. The Labute approximate surface area is 295 Å². The largest absolute Gasteiger partial charge is 0.377 e. The highest BCUT2D eigenvalue weighted by atomic mass is 33.1. The summed E-state index contributed by atoms with van der Waals surface area (Å²) in [6.45, 7) is 11.9. The molecule has 0 radical (unpaired) electrons. The molecular weight excluding hydrogens is 668 g/mol. The van der Waals surface area contributed by atoms with Crippen molar-refractivity contribution in [3.63, 3.8) is 0 Å². The summed E-state index contributed by atoms with van der Waals surface area (Å²) < 4.78 is 55.6. The van der Waals surface area contributed by atoms with Crippen LogP contribution in [0, 0.1) is 0 Å². The smallest absolute Gasteiger partial charge is 0.222 e. The molecule has 0 aromatic carbocycles. The Kier molecular flexibility index (Phi) is 30.2. The molecular formula is C32H60N2O12S2. The maximum Gasteiger partial charge on any atom is 0.222 e. The lowest BCUT2D eigenvalue weighted by atomic mass is 10.3. The predicted molar refractivity (Wildman–Crippen MR) is 185 cm³/mol. The van der Waals surface area contributed by atoms with Crippen molar-refractivity contribution in [3.8, 4) is 0 Å². The normalized spacial score (nSPS) is 21.3. The lowest BCUT2D eigenvalue weighted by Gasteiger charge is -2.23. The lowest BCUT2D eigenvalue weighted by molar-refractivity contribution is -0.133. The molecule has 2 aliphatic heterocycles. The SMILES string of the molecule is O=C(CCCSSCCCC(=O)N1CCOCCOCCOCCOCCOCC1)N1CCOCCOCCOCCOCCOCC1. The summed E-state index contributed by atoms with van der Waals surface area (Å²) in [4.78, 5) is 29.5. The Morgan fingerprint density at radius 1 is 0.354 bits per heavy atom. The number of nitrogens with zero attached hydrogens (tertiary/aromatic N) is 2. The first kappa shape index (κ1) is 43.4. The average Bonchev–Trinajstić information content (AvgIpc) is 3.09. The van der Waals surface area contributed by atoms with E-state index in [2.05, 4.69) is 0 Å². The number of carbonyl (C=O) groups excluding carboxylic acids is 2. The van der Waals surface area contributed by atoms with Crippen molar-refractivity contribution < 1.29 is 57.0 Å². The first-order valence-corrected chi connectivity index (χ1v) is 19.8. The number of amides is 2. The molecule has 48 heavy (non-hydrogen) atoms. The van der Waals surface area contributed by atoms with Crippen molar-refractivity contribution >= 4 is 33.4 Å². The third-order valence-electron chi connectivity index (χ3n) is 7.02. The summed E-state index contributed by atoms with van der Waals surface area (Å²) in [5.74, 6) is 1.94. The van der Waals surface area contributed by atoms with Crippen LogP contribution in [-0.4, -0.2) is 191 Å². The molecule has 16 heteroatoms. The molecule has 0 N–H and O–H groups in total. The van der Waals surface area contributed by atoms with Gasteiger partial charge in [0.2, 0.25) is 11.8 Å². The Bertz CT molecular complexity index is 666. The van der Waals surface area contributed by atoms with Crippen LogP contribution in [0.25, 0.3) is 0 Å². The van der Waals surface area contributed by atoms with Gasteiger partial charge in [-0.2, -0.15) is 0 Å². The molecule has 0 unspecified atom stereocenters. The first-order chi connectivity index (χ1) is 23.8. The van der Waals surface area contributed by atoms with Crippen molar-refractivity contribution in [1.82, 2.24) is 9.80 Å². The number of rotatable bonds is 9. The van der Waals surface area contributed by atoms with Crippen molar-refractivity contribution in [3.05, 3.63) is 0 Å². The van der Waals surface area contributed by atoms with E-state index >= 15 is 0 Å². The van der Waals surface area contributed by atoms with Gasteiger partial charge in [0.1, 0.15) is 0 Å². The Hall–Kier alpha value is -0.760. The van der Waals surface area contributed by atoms with Gasteiger partial charge < -0.3 is 57.2 Å².